The molecule has 1 aromatic carbocycles. The summed E-state index contributed by atoms with van der Waals surface area (Å²) < 4.78 is 16.0. The number of ether oxygens (including phenoxy) is 3. The van der Waals surface area contributed by atoms with Gasteiger partial charge < -0.3 is 19.1 Å². The van der Waals surface area contributed by atoms with Gasteiger partial charge in [0.05, 0.1) is 11.4 Å². The monoisotopic (exact) mass is 367 g/mol. The molecule has 1 aromatic rings. The number of likely N-dealkylation sites (N-methyl/N-ethyl adjacent to an activating group) is 1. The number of hydrogen-bond donors (Lipinski definition) is 0. The van der Waals surface area contributed by atoms with Crippen LogP contribution in [-0.2, 0) is 20.7 Å². The molecule has 0 bridgehead atoms. The van der Waals surface area contributed by atoms with E-state index in [0.29, 0.717) is 48.4 Å². The summed E-state index contributed by atoms with van der Waals surface area (Å²) in [6, 6.07) is 3.33. The van der Waals surface area contributed by atoms with Gasteiger partial charge in [-0.2, -0.15) is 0 Å². The smallest absolute Gasteiger partial charge is 0.310 e. The summed E-state index contributed by atoms with van der Waals surface area (Å²) in [4.78, 5) is 25.6. The molecule has 0 spiro atoms. The number of carbonyl (C=O) groups excluding carboxylic acids is 2. The number of halogens is 1. The van der Waals surface area contributed by atoms with Gasteiger partial charge in [-0.15, -0.1) is 0 Å². The second-order valence-corrected chi connectivity index (χ2v) is 6.21. The van der Waals surface area contributed by atoms with Crippen LogP contribution in [0.15, 0.2) is 24.3 Å². The first-order valence-corrected chi connectivity index (χ1v) is 8.44. The van der Waals surface area contributed by atoms with Crippen LogP contribution in [0, 0.1) is 0 Å². The van der Waals surface area contributed by atoms with Crippen molar-refractivity contribution in [2.45, 2.75) is 20.3 Å². The molecule has 1 aliphatic heterocycles. The van der Waals surface area contributed by atoms with Gasteiger partial charge in [-0.25, -0.2) is 0 Å². The average molecular weight is 368 g/mol. The first-order valence-electron chi connectivity index (χ1n) is 8.06. The summed E-state index contributed by atoms with van der Waals surface area (Å²) in [6.07, 6.45) is -0.00372. The third-order valence-electron chi connectivity index (χ3n) is 3.56. The molecular formula is C18H22ClNO5. The van der Waals surface area contributed by atoms with Crippen molar-refractivity contribution in [1.82, 2.24) is 4.90 Å². The van der Waals surface area contributed by atoms with Crippen molar-refractivity contribution in [3.8, 4) is 11.5 Å². The number of benzene rings is 1. The highest BCUT2D eigenvalue weighted by Gasteiger charge is 2.19. The Labute approximate surface area is 152 Å². The van der Waals surface area contributed by atoms with Crippen LogP contribution in [0.5, 0.6) is 11.5 Å². The molecule has 0 N–H and O–H groups in total. The number of nitrogens with zero attached hydrogens (tertiary/aromatic N) is 1. The van der Waals surface area contributed by atoms with Gasteiger partial charge in [0.1, 0.15) is 13.2 Å². The lowest BCUT2D eigenvalue weighted by molar-refractivity contribution is -0.151. The van der Waals surface area contributed by atoms with E-state index < -0.39 is 5.97 Å². The third kappa shape index (κ3) is 5.39. The molecular weight excluding hydrogens is 346 g/mol. The zero-order valence-electron chi connectivity index (χ0n) is 14.5. The van der Waals surface area contributed by atoms with Gasteiger partial charge in [0.25, 0.3) is 5.91 Å². The highest BCUT2D eigenvalue weighted by atomic mass is 35.5. The quantitative estimate of drug-likeness (QED) is 0.547. The standard InChI is InChI=1S/C18H22ClNO5/c1-4-20(10-12(2)3)16(21)11-25-17(22)9-13-7-14(19)18-15(8-13)23-5-6-24-18/h7-8H,2,4-6,9-11H2,1,3H3. The maximum Gasteiger partial charge on any atom is 0.310 e. The van der Waals surface area contributed by atoms with Crippen LogP contribution in [0.4, 0.5) is 0 Å². The van der Waals surface area contributed by atoms with E-state index in [4.69, 9.17) is 25.8 Å². The lowest BCUT2D eigenvalue weighted by Crippen LogP contribution is -2.35. The third-order valence-corrected chi connectivity index (χ3v) is 3.84. The molecule has 0 saturated heterocycles. The minimum absolute atomic E-state index is 0.00372. The summed E-state index contributed by atoms with van der Waals surface area (Å²) in [7, 11) is 0. The molecule has 6 nitrogen and oxygen atoms in total. The Kier molecular flexibility index (Phi) is 6.70. The predicted octanol–water partition coefficient (Wildman–Crippen LogP) is 2.62. The van der Waals surface area contributed by atoms with E-state index in [9.17, 15) is 9.59 Å². The van der Waals surface area contributed by atoms with Crippen molar-refractivity contribution in [3.63, 3.8) is 0 Å². The van der Waals surface area contributed by atoms with Crippen molar-refractivity contribution < 1.29 is 23.8 Å². The number of amides is 1. The van der Waals surface area contributed by atoms with E-state index in [1.807, 2.05) is 13.8 Å². The highest BCUT2D eigenvalue weighted by molar-refractivity contribution is 6.32. The van der Waals surface area contributed by atoms with E-state index in [1.165, 1.54) is 0 Å². The largest absolute Gasteiger partial charge is 0.486 e. The maximum atomic E-state index is 12.1. The molecule has 0 atom stereocenters. The zero-order chi connectivity index (χ0) is 18.4. The summed E-state index contributed by atoms with van der Waals surface area (Å²) in [5.74, 6) is 0.237. The fraction of sp³-hybridized carbons (Fsp3) is 0.444. The normalized spacial score (nSPS) is 12.4. The molecule has 0 aromatic heterocycles. The summed E-state index contributed by atoms with van der Waals surface area (Å²) in [6.45, 7) is 9.04. The fourth-order valence-electron chi connectivity index (χ4n) is 2.42. The molecule has 1 heterocycles. The molecule has 1 amide bonds. The summed E-state index contributed by atoms with van der Waals surface area (Å²) in [5.41, 5.74) is 1.51. The molecule has 7 heteroatoms. The van der Waals surface area contributed by atoms with Crippen molar-refractivity contribution in [1.29, 1.82) is 0 Å². The van der Waals surface area contributed by atoms with Crippen LogP contribution in [0.3, 0.4) is 0 Å². The Balaban J connectivity index is 1.91. The van der Waals surface area contributed by atoms with E-state index >= 15 is 0 Å². The molecule has 0 aliphatic carbocycles. The van der Waals surface area contributed by atoms with Gasteiger partial charge in [-0.05, 0) is 31.5 Å². The minimum atomic E-state index is -0.507. The van der Waals surface area contributed by atoms with E-state index in [2.05, 4.69) is 6.58 Å². The van der Waals surface area contributed by atoms with Gasteiger partial charge in [-0.3, -0.25) is 9.59 Å². The first kappa shape index (κ1) is 19.1. The number of carbonyl (C=O) groups is 2. The molecule has 0 fully saturated rings. The first-order chi connectivity index (χ1) is 11.9. The van der Waals surface area contributed by atoms with E-state index in [1.54, 1.807) is 17.0 Å². The van der Waals surface area contributed by atoms with Gasteiger partial charge in [0.15, 0.2) is 18.1 Å². The molecule has 2 rings (SSSR count). The van der Waals surface area contributed by atoms with Crippen molar-refractivity contribution >= 4 is 23.5 Å². The van der Waals surface area contributed by atoms with Crippen molar-refractivity contribution in [2.24, 2.45) is 0 Å². The van der Waals surface area contributed by atoms with Crippen LogP contribution < -0.4 is 9.47 Å². The Bertz CT molecular complexity index is 674. The van der Waals surface area contributed by atoms with Crippen molar-refractivity contribution in [3.05, 3.63) is 34.9 Å². The number of esters is 1. The topological polar surface area (TPSA) is 65.1 Å². The Morgan fingerprint density at radius 1 is 1.32 bits per heavy atom. The SMILES string of the molecule is C=C(C)CN(CC)C(=O)COC(=O)Cc1cc(Cl)c2c(c1)OCCO2. The van der Waals surface area contributed by atoms with Gasteiger partial charge in [0.2, 0.25) is 0 Å². The molecule has 0 unspecified atom stereocenters. The van der Waals surface area contributed by atoms with E-state index in [0.717, 1.165) is 5.57 Å². The number of rotatable bonds is 7. The van der Waals surface area contributed by atoms with Crippen LogP contribution >= 0.6 is 11.6 Å². The lowest BCUT2D eigenvalue weighted by Gasteiger charge is -2.21. The lowest BCUT2D eigenvalue weighted by atomic mass is 10.1. The van der Waals surface area contributed by atoms with Crippen LogP contribution in [0.25, 0.3) is 0 Å². The molecule has 136 valence electrons. The van der Waals surface area contributed by atoms with E-state index in [-0.39, 0.29) is 18.9 Å². The van der Waals surface area contributed by atoms with Crippen LogP contribution in [0.2, 0.25) is 5.02 Å². The Morgan fingerprint density at radius 3 is 2.72 bits per heavy atom. The average Bonchev–Trinajstić information content (AvgIpc) is 2.57. The van der Waals surface area contributed by atoms with Crippen LogP contribution in [0.1, 0.15) is 19.4 Å². The minimum Gasteiger partial charge on any atom is -0.486 e. The summed E-state index contributed by atoms with van der Waals surface area (Å²) in [5, 5.41) is 0.384. The molecule has 0 saturated carbocycles. The molecule has 25 heavy (non-hydrogen) atoms. The van der Waals surface area contributed by atoms with Crippen LogP contribution in [-0.4, -0.2) is 49.7 Å². The second kappa shape index (κ2) is 8.76. The Morgan fingerprint density at radius 2 is 2.04 bits per heavy atom. The van der Waals surface area contributed by atoms with Gasteiger partial charge in [-0.1, -0.05) is 23.8 Å². The second-order valence-electron chi connectivity index (χ2n) is 5.80. The maximum absolute atomic E-state index is 12.1. The van der Waals surface area contributed by atoms with Gasteiger partial charge >= 0.3 is 5.97 Å². The van der Waals surface area contributed by atoms with Crippen molar-refractivity contribution in [2.75, 3.05) is 32.9 Å². The van der Waals surface area contributed by atoms with Gasteiger partial charge in [0, 0.05) is 13.1 Å². The predicted molar refractivity (Wildman–Crippen MR) is 94.2 cm³/mol. The molecule has 0 radical (unpaired) electrons. The highest BCUT2D eigenvalue weighted by Crippen LogP contribution is 2.38. The summed E-state index contributed by atoms with van der Waals surface area (Å²) >= 11 is 6.14. The fourth-order valence-corrected chi connectivity index (χ4v) is 2.71. The molecule has 1 aliphatic rings. The zero-order valence-corrected chi connectivity index (χ0v) is 15.2. The number of hydrogen-bond acceptors (Lipinski definition) is 5. The number of fused-ring (bicyclic) bond motifs is 1. The Hall–Kier alpha value is -2.21.